The van der Waals surface area contributed by atoms with E-state index in [9.17, 15) is 0 Å². The monoisotopic (exact) mass is 174 g/mol. The zero-order valence-corrected chi connectivity index (χ0v) is 8.29. The van der Waals surface area contributed by atoms with Gasteiger partial charge >= 0.3 is 0 Å². The van der Waals surface area contributed by atoms with E-state index in [1.165, 1.54) is 12.8 Å². The summed E-state index contributed by atoms with van der Waals surface area (Å²) in [6, 6.07) is 0. The van der Waals surface area contributed by atoms with E-state index in [4.69, 9.17) is 10.2 Å². The highest BCUT2D eigenvalue weighted by Gasteiger charge is 1.94. The van der Waals surface area contributed by atoms with Crippen LogP contribution < -0.4 is 0 Å². The van der Waals surface area contributed by atoms with E-state index in [0.29, 0.717) is 0 Å². The molecule has 0 amide bonds. The van der Waals surface area contributed by atoms with Crippen molar-refractivity contribution in [3.63, 3.8) is 0 Å². The maximum Gasteiger partial charge on any atom is 0.0718 e. The molecule has 0 spiro atoms. The average Bonchev–Trinajstić information content (AvgIpc) is 2.06. The summed E-state index contributed by atoms with van der Waals surface area (Å²) in [5.74, 6) is 0. The Morgan fingerprint density at radius 1 is 1.33 bits per heavy atom. The largest absolute Gasteiger partial charge is 0.397 e. The van der Waals surface area contributed by atoms with Crippen LogP contribution in [0.25, 0.3) is 0 Å². The van der Waals surface area contributed by atoms with E-state index in [2.05, 4.69) is 13.5 Å². The van der Waals surface area contributed by atoms with Crippen LogP contribution >= 0.6 is 0 Å². The van der Waals surface area contributed by atoms with Crippen LogP contribution in [0.1, 0.15) is 39.5 Å². The smallest absolute Gasteiger partial charge is 0.0718 e. The highest BCUT2D eigenvalue weighted by atomic mass is 16.3. The Labute approximate surface area is 75.9 Å². The predicted molar refractivity (Wildman–Crippen MR) is 53.1 cm³/mol. The summed E-state index contributed by atoms with van der Waals surface area (Å²) in [4.78, 5) is 0. The number of unbranched alkanes of at least 4 members (excludes halogenated alkanes) is 2. The van der Waals surface area contributed by atoms with E-state index < -0.39 is 0 Å². The minimum absolute atomic E-state index is 0.250. The van der Waals surface area contributed by atoms with Crippen LogP contribution in [0, 0.1) is 0 Å². The highest BCUT2D eigenvalue weighted by molar-refractivity contribution is 4.77. The number of aliphatic hydroxyl groups is 2. The second-order valence-electron chi connectivity index (χ2n) is 2.62. The molecule has 0 rings (SSSR count). The predicted octanol–water partition coefficient (Wildman–Crippen LogP) is 2.11. The maximum absolute atomic E-state index is 8.97. The third-order valence-electron chi connectivity index (χ3n) is 1.38. The summed E-state index contributed by atoms with van der Waals surface area (Å²) in [6.45, 7) is 7.57. The first-order chi connectivity index (χ1) is 5.72. The van der Waals surface area contributed by atoms with Crippen LogP contribution in [0.15, 0.2) is 12.7 Å². The molecule has 74 valence electrons. The molecule has 0 fully saturated rings. The van der Waals surface area contributed by atoms with Crippen molar-refractivity contribution in [3.8, 4) is 0 Å². The number of hydrogen-bond acceptors (Lipinski definition) is 2. The number of aliphatic hydroxyl groups excluding tert-OH is 2. The van der Waals surface area contributed by atoms with Crippen molar-refractivity contribution < 1.29 is 10.2 Å². The van der Waals surface area contributed by atoms with Gasteiger partial charge in [0.25, 0.3) is 0 Å². The van der Waals surface area contributed by atoms with Crippen molar-refractivity contribution in [2.45, 2.75) is 45.6 Å². The fraction of sp³-hybridized carbons (Fsp3) is 0.800. The molecule has 0 aliphatic carbocycles. The summed E-state index contributed by atoms with van der Waals surface area (Å²) in [5, 5.41) is 16.5. The first-order valence-electron chi connectivity index (χ1n) is 4.64. The van der Waals surface area contributed by atoms with Crippen LogP contribution in [0.2, 0.25) is 0 Å². The van der Waals surface area contributed by atoms with Crippen molar-refractivity contribution in [3.05, 3.63) is 12.7 Å². The molecule has 0 saturated carbocycles. The summed E-state index contributed by atoms with van der Waals surface area (Å²) < 4.78 is 0. The Balaban J connectivity index is 0. The molecule has 12 heavy (non-hydrogen) atoms. The average molecular weight is 174 g/mol. The fourth-order valence-corrected chi connectivity index (χ4v) is 0.721. The van der Waals surface area contributed by atoms with E-state index in [-0.39, 0.29) is 12.7 Å². The second kappa shape index (κ2) is 13.3. The van der Waals surface area contributed by atoms with Crippen LogP contribution in [-0.4, -0.2) is 22.9 Å². The van der Waals surface area contributed by atoms with Crippen LogP contribution in [-0.2, 0) is 0 Å². The Bertz CT molecular complexity index is 81.9. The molecule has 0 saturated heterocycles. The van der Waals surface area contributed by atoms with Gasteiger partial charge in [0, 0.05) is 6.61 Å². The van der Waals surface area contributed by atoms with Gasteiger partial charge < -0.3 is 10.2 Å². The van der Waals surface area contributed by atoms with Gasteiger partial charge in [-0.1, -0.05) is 32.3 Å². The molecule has 0 aromatic heterocycles. The first-order valence-corrected chi connectivity index (χ1v) is 4.64. The van der Waals surface area contributed by atoms with E-state index in [0.717, 1.165) is 12.8 Å². The van der Waals surface area contributed by atoms with Crippen molar-refractivity contribution in [1.82, 2.24) is 0 Å². The molecule has 0 heterocycles. The molecule has 0 aliphatic heterocycles. The quantitative estimate of drug-likeness (QED) is 0.495. The Morgan fingerprint density at radius 3 is 2.17 bits per heavy atom. The van der Waals surface area contributed by atoms with E-state index in [1.54, 1.807) is 13.0 Å². The lowest BCUT2D eigenvalue weighted by Crippen LogP contribution is -1.99. The standard InChI is InChI=1S/C8H16O.C2H6O/c1-3-5-6-7-8(9)4-2;1-2-3/h4,8-9H,2-3,5-7H2,1H3;3H,2H2,1H3. The van der Waals surface area contributed by atoms with Crippen molar-refractivity contribution in [2.75, 3.05) is 6.61 Å². The molecule has 0 bridgehead atoms. The van der Waals surface area contributed by atoms with Crippen LogP contribution in [0.3, 0.4) is 0 Å². The summed E-state index contributed by atoms with van der Waals surface area (Å²) in [6.07, 6.45) is 5.72. The van der Waals surface area contributed by atoms with E-state index >= 15 is 0 Å². The van der Waals surface area contributed by atoms with Crippen molar-refractivity contribution in [2.24, 2.45) is 0 Å². The van der Waals surface area contributed by atoms with Crippen molar-refractivity contribution in [1.29, 1.82) is 0 Å². The Hall–Kier alpha value is -0.340. The zero-order valence-electron chi connectivity index (χ0n) is 8.29. The zero-order chi connectivity index (χ0) is 9.82. The van der Waals surface area contributed by atoms with Crippen molar-refractivity contribution >= 4 is 0 Å². The van der Waals surface area contributed by atoms with Gasteiger partial charge in [0.2, 0.25) is 0 Å². The van der Waals surface area contributed by atoms with Gasteiger partial charge in [0.05, 0.1) is 6.10 Å². The molecule has 1 unspecified atom stereocenters. The SMILES string of the molecule is C=CC(O)CCCCC.CCO. The van der Waals surface area contributed by atoms with Gasteiger partial charge in [0.15, 0.2) is 0 Å². The lowest BCUT2D eigenvalue weighted by atomic mass is 10.1. The third kappa shape index (κ3) is 16.3. The molecule has 0 radical (unpaired) electrons. The number of rotatable bonds is 5. The summed E-state index contributed by atoms with van der Waals surface area (Å²) in [5.41, 5.74) is 0. The van der Waals surface area contributed by atoms with E-state index in [1.807, 2.05) is 0 Å². The Kier molecular flexibility index (Phi) is 15.7. The lowest BCUT2D eigenvalue weighted by molar-refractivity contribution is 0.208. The molecular weight excluding hydrogens is 152 g/mol. The van der Waals surface area contributed by atoms with Crippen LogP contribution in [0.4, 0.5) is 0 Å². The fourth-order valence-electron chi connectivity index (χ4n) is 0.721. The molecular formula is C10H22O2. The molecule has 0 aliphatic rings. The van der Waals surface area contributed by atoms with Gasteiger partial charge in [-0.25, -0.2) is 0 Å². The van der Waals surface area contributed by atoms with Gasteiger partial charge in [0.1, 0.15) is 0 Å². The topological polar surface area (TPSA) is 40.5 Å². The normalized spacial score (nSPS) is 11.3. The Morgan fingerprint density at radius 2 is 1.83 bits per heavy atom. The van der Waals surface area contributed by atoms with Gasteiger partial charge in [-0.05, 0) is 13.3 Å². The van der Waals surface area contributed by atoms with Gasteiger partial charge in [-0.15, -0.1) is 6.58 Å². The maximum atomic E-state index is 8.97. The highest BCUT2D eigenvalue weighted by Crippen LogP contribution is 2.02. The minimum Gasteiger partial charge on any atom is -0.397 e. The number of hydrogen-bond donors (Lipinski definition) is 2. The van der Waals surface area contributed by atoms with Gasteiger partial charge in [-0.3, -0.25) is 0 Å². The molecule has 2 nitrogen and oxygen atoms in total. The third-order valence-corrected chi connectivity index (χ3v) is 1.38. The molecule has 2 heteroatoms. The first kappa shape index (κ1) is 14.2. The molecule has 2 N–H and O–H groups in total. The van der Waals surface area contributed by atoms with Crippen LogP contribution in [0.5, 0.6) is 0 Å². The molecule has 1 atom stereocenters. The van der Waals surface area contributed by atoms with Gasteiger partial charge in [-0.2, -0.15) is 0 Å². The minimum atomic E-state index is -0.281. The second-order valence-corrected chi connectivity index (χ2v) is 2.62. The summed E-state index contributed by atoms with van der Waals surface area (Å²) in [7, 11) is 0. The lowest BCUT2D eigenvalue weighted by Gasteiger charge is -2.01. The molecule has 0 aromatic carbocycles. The molecule has 0 aromatic rings. The summed E-state index contributed by atoms with van der Waals surface area (Å²) >= 11 is 0.